The zero-order valence-electron chi connectivity index (χ0n) is 14.6. The minimum Gasteiger partial charge on any atom is -0.384 e. The quantitative estimate of drug-likeness (QED) is 0.538. The van der Waals surface area contributed by atoms with Gasteiger partial charge in [-0.05, 0) is 23.3 Å². The summed E-state index contributed by atoms with van der Waals surface area (Å²) >= 11 is 0. The second kappa shape index (κ2) is 7.21. The Balaban J connectivity index is 1.80. The SMILES string of the molecule is CN(C)c1ccc(Cc2nccn2Cc2ccccc2C(=N)N)cc1. The largest absolute Gasteiger partial charge is 0.384 e. The molecule has 0 unspecified atom stereocenters. The van der Waals surface area contributed by atoms with Gasteiger partial charge >= 0.3 is 0 Å². The summed E-state index contributed by atoms with van der Waals surface area (Å²) in [6, 6.07) is 16.3. The summed E-state index contributed by atoms with van der Waals surface area (Å²) in [6.45, 7) is 0.654. The van der Waals surface area contributed by atoms with Crippen molar-refractivity contribution in [1.29, 1.82) is 5.41 Å². The average Bonchev–Trinajstić information content (AvgIpc) is 3.02. The van der Waals surface area contributed by atoms with Crippen molar-refractivity contribution < 1.29 is 0 Å². The topological polar surface area (TPSA) is 70.9 Å². The molecule has 0 amide bonds. The van der Waals surface area contributed by atoms with Crippen LogP contribution >= 0.6 is 0 Å². The van der Waals surface area contributed by atoms with Crippen molar-refractivity contribution >= 4 is 11.5 Å². The third kappa shape index (κ3) is 3.88. The number of nitrogens with zero attached hydrogens (tertiary/aromatic N) is 3. The van der Waals surface area contributed by atoms with Crippen molar-refractivity contribution in [3.05, 3.63) is 83.4 Å². The minimum absolute atomic E-state index is 0.0940. The number of imidazole rings is 1. The van der Waals surface area contributed by atoms with Crippen LogP contribution in [0.3, 0.4) is 0 Å². The molecule has 2 aromatic carbocycles. The fourth-order valence-electron chi connectivity index (χ4n) is 2.85. The van der Waals surface area contributed by atoms with Crippen LogP contribution in [0.2, 0.25) is 0 Å². The molecule has 25 heavy (non-hydrogen) atoms. The standard InChI is InChI=1S/C20H23N5/c1-24(2)17-9-7-15(8-10-17)13-19-23-11-12-25(19)14-16-5-3-4-6-18(16)20(21)22/h3-12H,13-14H2,1-2H3,(H3,21,22). The summed E-state index contributed by atoms with van der Waals surface area (Å²) in [7, 11) is 4.07. The molecule has 128 valence electrons. The second-order valence-corrected chi connectivity index (χ2v) is 6.28. The monoisotopic (exact) mass is 333 g/mol. The first kappa shape index (κ1) is 16.8. The van der Waals surface area contributed by atoms with E-state index in [9.17, 15) is 0 Å². The molecule has 0 aliphatic carbocycles. The lowest BCUT2D eigenvalue weighted by Gasteiger charge is -2.14. The van der Waals surface area contributed by atoms with Crippen molar-refractivity contribution in [2.45, 2.75) is 13.0 Å². The fraction of sp³-hybridized carbons (Fsp3) is 0.200. The van der Waals surface area contributed by atoms with E-state index in [2.05, 4.69) is 38.7 Å². The number of aromatic nitrogens is 2. The summed E-state index contributed by atoms with van der Waals surface area (Å²) in [5.74, 6) is 1.09. The highest BCUT2D eigenvalue weighted by molar-refractivity contribution is 5.96. The van der Waals surface area contributed by atoms with Gasteiger partial charge in [0, 0.05) is 50.7 Å². The Labute approximate surface area is 148 Å². The van der Waals surface area contributed by atoms with Crippen LogP contribution in [-0.2, 0) is 13.0 Å². The van der Waals surface area contributed by atoms with E-state index in [-0.39, 0.29) is 5.84 Å². The van der Waals surface area contributed by atoms with Gasteiger partial charge in [0.15, 0.2) is 0 Å². The van der Waals surface area contributed by atoms with Crippen LogP contribution in [0, 0.1) is 5.41 Å². The molecule has 1 aromatic heterocycles. The number of nitrogens with one attached hydrogen (secondary N) is 1. The van der Waals surface area contributed by atoms with Gasteiger partial charge in [0.25, 0.3) is 0 Å². The predicted octanol–water partition coefficient (Wildman–Crippen LogP) is 2.87. The van der Waals surface area contributed by atoms with Crippen LogP contribution in [0.25, 0.3) is 0 Å². The number of rotatable bonds is 6. The summed E-state index contributed by atoms with van der Waals surface area (Å²) in [5.41, 5.74) is 9.90. The maximum absolute atomic E-state index is 7.74. The zero-order chi connectivity index (χ0) is 17.8. The van der Waals surface area contributed by atoms with Crippen LogP contribution in [0.4, 0.5) is 5.69 Å². The Kier molecular flexibility index (Phi) is 4.84. The van der Waals surface area contributed by atoms with Gasteiger partial charge in [-0.15, -0.1) is 0 Å². The van der Waals surface area contributed by atoms with Gasteiger partial charge in [0.2, 0.25) is 0 Å². The molecule has 3 rings (SSSR count). The van der Waals surface area contributed by atoms with Crippen LogP contribution in [0.5, 0.6) is 0 Å². The first-order chi connectivity index (χ1) is 12.0. The van der Waals surface area contributed by atoms with Crippen LogP contribution < -0.4 is 10.6 Å². The van der Waals surface area contributed by atoms with Gasteiger partial charge in [-0.3, -0.25) is 5.41 Å². The normalized spacial score (nSPS) is 10.6. The molecule has 5 nitrogen and oxygen atoms in total. The third-order valence-electron chi connectivity index (χ3n) is 4.26. The average molecular weight is 333 g/mol. The zero-order valence-corrected chi connectivity index (χ0v) is 14.6. The van der Waals surface area contributed by atoms with Crippen molar-refractivity contribution in [3.63, 3.8) is 0 Å². The number of benzene rings is 2. The van der Waals surface area contributed by atoms with Crippen molar-refractivity contribution in [3.8, 4) is 0 Å². The van der Waals surface area contributed by atoms with Crippen molar-refractivity contribution in [1.82, 2.24) is 9.55 Å². The fourth-order valence-corrected chi connectivity index (χ4v) is 2.85. The Hall–Kier alpha value is -3.08. The van der Waals surface area contributed by atoms with E-state index in [0.717, 1.165) is 23.4 Å². The van der Waals surface area contributed by atoms with E-state index in [1.54, 1.807) is 0 Å². The predicted molar refractivity (Wildman–Crippen MR) is 102 cm³/mol. The minimum atomic E-state index is 0.0940. The Morgan fingerprint density at radius 2 is 1.84 bits per heavy atom. The van der Waals surface area contributed by atoms with E-state index in [1.165, 1.54) is 11.3 Å². The van der Waals surface area contributed by atoms with Gasteiger partial charge in [-0.2, -0.15) is 0 Å². The summed E-state index contributed by atoms with van der Waals surface area (Å²) in [4.78, 5) is 6.59. The molecule has 3 N–H and O–H groups in total. The summed E-state index contributed by atoms with van der Waals surface area (Å²) in [6.07, 6.45) is 4.56. The second-order valence-electron chi connectivity index (χ2n) is 6.28. The highest BCUT2D eigenvalue weighted by atomic mass is 15.1. The van der Waals surface area contributed by atoms with E-state index in [0.29, 0.717) is 6.54 Å². The molecule has 0 bridgehead atoms. The third-order valence-corrected chi connectivity index (χ3v) is 4.26. The molecule has 0 spiro atoms. The molecule has 3 aromatic rings. The van der Waals surface area contributed by atoms with Gasteiger partial charge < -0.3 is 15.2 Å². The number of nitrogens with two attached hydrogens (primary N) is 1. The Morgan fingerprint density at radius 1 is 1.12 bits per heavy atom. The first-order valence-corrected chi connectivity index (χ1v) is 8.23. The summed E-state index contributed by atoms with van der Waals surface area (Å²) < 4.78 is 2.11. The smallest absolute Gasteiger partial charge is 0.123 e. The Morgan fingerprint density at radius 3 is 2.52 bits per heavy atom. The number of anilines is 1. The van der Waals surface area contributed by atoms with E-state index in [1.807, 2.05) is 50.8 Å². The van der Waals surface area contributed by atoms with Crippen LogP contribution in [0.15, 0.2) is 60.9 Å². The molecular formula is C20H23N5. The van der Waals surface area contributed by atoms with Crippen molar-refractivity contribution in [2.75, 3.05) is 19.0 Å². The molecule has 0 saturated carbocycles. The van der Waals surface area contributed by atoms with Crippen LogP contribution in [-0.4, -0.2) is 29.5 Å². The van der Waals surface area contributed by atoms with Gasteiger partial charge in [0.05, 0.1) is 0 Å². The molecule has 0 radical (unpaired) electrons. The van der Waals surface area contributed by atoms with E-state index >= 15 is 0 Å². The summed E-state index contributed by atoms with van der Waals surface area (Å²) in [5, 5.41) is 7.74. The van der Waals surface area contributed by atoms with Crippen LogP contribution in [0.1, 0.15) is 22.5 Å². The van der Waals surface area contributed by atoms with E-state index < -0.39 is 0 Å². The number of hydrogen-bond donors (Lipinski definition) is 2. The number of nitrogen functional groups attached to an aromatic ring is 1. The highest BCUT2D eigenvalue weighted by Crippen LogP contribution is 2.16. The lowest BCUT2D eigenvalue weighted by molar-refractivity contribution is 0.739. The van der Waals surface area contributed by atoms with Gasteiger partial charge in [-0.1, -0.05) is 36.4 Å². The molecule has 0 saturated heterocycles. The number of hydrogen-bond acceptors (Lipinski definition) is 3. The molecule has 0 atom stereocenters. The molecule has 0 aliphatic heterocycles. The molecule has 0 aliphatic rings. The number of amidine groups is 1. The lowest BCUT2D eigenvalue weighted by atomic mass is 10.1. The lowest BCUT2D eigenvalue weighted by Crippen LogP contribution is -2.15. The maximum atomic E-state index is 7.74. The van der Waals surface area contributed by atoms with E-state index in [4.69, 9.17) is 11.1 Å². The molecule has 1 heterocycles. The Bertz CT molecular complexity index is 862. The van der Waals surface area contributed by atoms with Gasteiger partial charge in [0.1, 0.15) is 11.7 Å². The molecule has 5 heteroatoms. The molecular weight excluding hydrogens is 310 g/mol. The highest BCUT2D eigenvalue weighted by Gasteiger charge is 2.09. The van der Waals surface area contributed by atoms with Crippen molar-refractivity contribution in [2.24, 2.45) is 5.73 Å². The molecule has 0 fully saturated rings. The maximum Gasteiger partial charge on any atom is 0.123 e. The first-order valence-electron chi connectivity index (χ1n) is 8.23. The van der Waals surface area contributed by atoms with Gasteiger partial charge in [-0.25, -0.2) is 4.98 Å².